The van der Waals surface area contributed by atoms with Crippen molar-refractivity contribution in [2.75, 3.05) is 0 Å². The summed E-state index contributed by atoms with van der Waals surface area (Å²) in [4.78, 5) is 0. The van der Waals surface area contributed by atoms with Crippen LogP contribution in [0.3, 0.4) is 0 Å². The Kier molecular flexibility index (Phi) is 5.09. The van der Waals surface area contributed by atoms with Crippen molar-refractivity contribution in [1.82, 2.24) is 5.43 Å². The van der Waals surface area contributed by atoms with E-state index in [-0.39, 0.29) is 0 Å². The van der Waals surface area contributed by atoms with E-state index >= 15 is 0 Å². The third-order valence-electron chi connectivity index (χ3n) is 3.10. The van der Waals surface area contributed by atoms with Crippen LogP contribution in [0.1, 0.15) is 44.9 Å². The Morgan fingerprint density at radius 3 is 2.15 bits per heavy atom. The molecule has 1 atom stereocenters. The van der Waals surface area contributed by atoms with Crippen LogP contribution in [0.25, 0.3) is 0 Å². The molecule has 0 saturated heterocycles. The second-order valence-electron chi connectivity index (χ2n) is 4.03. The Bertz CT molecular complexity index is 137. The minimum atomic E-state index is 0.318. The van der Waals surface area contributed by atoms with Gasteiger partial charge in [-0.1, -0.05) is 38.2 Å². The molecule has 1 aliphatic carbocycles. The summed E-state index contributed by atoms with van der Waals surface area (Å²) in [6.45, 7) is 3.82. The van der Waals surface area contributed by atoms with E-state index in [9.17, 15) is 0 Å². The molecule has 1 rings (SSSR count). The molecule has 0 aromatic rings. The first kappa shape index (κ1) is 10.7. The average molecular weight is 182 g/mol. The van der Waals surface area contributed by atoms with Crippen molar-refractivity contribution < 1.29 is 0 Å². The van der Waals surface area contributed by atoms with Crippen LogP contribution in [0.4, 0.5) is 0 Å². The van der Waals surface area contributed by atoms with E-state index in [0.717, 1.165) is 0 Å². The minimum Gasteiger partial charge on any atom is -0.271 e. The summed E-state index contributed by atoms with van der Waals surface area (Å²) >= 11 is 0. The number of rotatable bonds is 3. The molecule has 0 spiro atoms. The van der Waals surface area contributed by atoms with Crippen LogP contribution in [-0.2, 0) is 0 Å². The highest BCUT2D eigenvalue weighted by molar-refractivity contribution is 4.89. The van der Waals surface area contributed by atoms with Crippen molar-refractivity contribution in [3.05, 3.63) is 12.7 Å². The SMILES string of the molecule is C=CC(NN)C1CCCCCCC1. The molecule has 2 nitrogen and oxygen atoms in total. The van der Waals surface area contributed by atoms with Gasteiger partial charge in [-0.15, -0.1) is 6.58 Å². The van der Waals surface area contributed by atoms with E-state index in [1.165, 1.54) is 44.9 Å². The van der Waals surface area contributed by atoms with E-state index in [2.05, 4.69) is 12.0 Å². The summed E-state index contributed by atoms with van der Waals surface area (Å²) in [7, 11) is 0. The van der Waals surface area contributed by atoms with Gasteiger partial charge in [-0.2, -0.15) is 0 Å². The first-order valence-corrected chi connectivity index (χ1v) is 5.47. The smallest absolute Gasteiger partial charge is 0.0416 e. The third kappa shape index (κ3) is 3.49. The van der Waals surface area contributed by atoms with Gasteiger partial charge in [-0.25, -0.2) is 0 Å². The van der Waals surface area contributed by atoms with E-state index in [1.54, 1.807) is 0 Å². The molecular weight excluding hydrogens is 160 g/mol. The van der Waals surface area contributed by atoms with Gasteiger partial charge < -0.3 is 0 Å². The van der Waals surface area contributed by atoms with Gasteiger partial charge in [-0.3, -0.25) is 11.3 Å². The highest BCUT2D eigenvalue weighted by Gasteiger charge is 2.17. The number of hydrogen-bond donors (Lipinski definition) is 2. The molecule has 13 heavy (non-hydrogen) atoms. The molecule has 0 bridgehead atoms. The fraction of sp³-hybridized carbons (Fsp3) is 0.818. The summed E-state index contributed by atoms with van der Waals surface area (Å²) in [5.74, 6) is 6.19. The lowest BCUT2D eigenvalue weighted by Crippen LogP contribution is -2.39. The zero-order valence-electron chi connectivity index (χ0n) is 8.47. The topological polar surface area (TPSA) is 38.0 Å². The van der Waals surface area contributed by atoms with Crippen molar-refractivity contribution in [2.45, 2.75) is 51.0 Å². The van der Waals surface area contributed by atoms with Gasteiger partial charge in [0, 0.05) is 6.04 Å². The molecule has 0 aromatic heterocycles. The van der Waals surface area contributed by atoms with E-state index < -0.39 is 0 Å². The highest BCUT2D eigenvalue weighted by atomic mass is 15.2. The lowest BCUT2D eigenvalue weighted by Gasteiger charge is -2.25. The summed E-state index contributed by atoms with van der Waals surface area (Å²) in [6, 6.07) is 0.318. The quantitative estimate of drug-likeness (QED) is 0.399. The van der Waals surface area contributed by atoms with Gasteiger partial charge in [0.25, 0.3) is 0 Å². The average Bonchev–Trinajstić information content (AvgIpc) is 2.09. The van der Waals surface area contributed by atoms with Crippen molar-refractivity contribution in [1.29, 1.82) is 0 Å². The van der Waals surface area contributed by atoms with Crippen molar-refractivity contribution in [3.63, 3.8) is 0 Å². The number of hydrazine groups is 1. The highest BCUT2D eigenvalue weighted by Crippen LogP contribution is 2.24. The third-order valence-corrected chi connectivity index (χ3v) is 3.10. The van der Waals surface area contributed by atoms with Gasteiger partial charge in [0.05, 0.1) is 0 Å². The molecule has 0 radical (unpaired) electrons. The fourth-order valence-corrected chi connectivity index (χ4v) is 2.24. The van der Waals surface area contributed by atoms with Crippen LogP contribution >= 0.6 is 0 Å². The molecule has 0 heterocycles. The Balaban J connectivity index is 2.39. The van der Waals surface area contributed by atoms with E-state index in [1.807, 2.05) is 6.08 Å². The van der Waals surface area contributed by atoms with Crippen LogP contribution in [-0.4, -0.2) is 6.04 Å². The lowest BCUT2D eigenvalue weighted by atomic mass is 9.86. The summed E-state index contributed by atoms with van der Waals surface area (Å²) in [6.07, 6.45) is 11.5. The standard InChI is InChI=1S/C11H22N2/c1-2-11(13-12)10-8-6-4-3-5-7-9-10/h2,10-11,13H,1,3-9,12H2. The predicted octanol–water partition coefficient (Wildman–Crippen LogP) is 2.36. The van der Waals surface area contributed by atoms with Gasteiger partial charge in [0.15, 0.2) is 0 Å². The van der Waals surface area contributed by atoms with Crippen LogP contribution in [0.5, 0.6) is 0 Å². The summed E-state index contributed by atoms with van der Waals surface area (Å²) < 4.78 is 0. The Hall–Kier alpha value is -0.340. The zero-order valence-corrected chi connectivity index (χ0v) is 8.47. The van der Waals surface area contributed by atoms with Crippen molar-refractivity contribution >= 4 is 0 Å². The second-order valence-corrected chi connectivity index (χ2v) is 4.03. The van der Waals surface area contributed by atoms with Crippen molar-refractivity contribution in [2.24, 2.45) is 11.8 Å². The Morgan fingerprint density at radius 1 is 1.15 bits per heavy atom. The largest absolute Gasteiger partial charge is 0.271 e. The lowest BCUT2D eigenvalue weighted by molar-refractivity contribution is 0.321. The van der Waals surface area contributed by atoms with Crippen LogP contribution < -0.4 is 11.3 Å². The number of nitrogens with two attached hydrogens (primary N) is 1. The Morgan fingerprint density at radius 2 is 1.69 bits per heavy atom. The van der Waals surface area contributed by atoms with Crippen molar-refractivity contribution in [3.8, 4) is 0 Å². The summed E-state index contributed by atoms with van der Waals surface area (Å²) in [5, 5.41) is 0. The normalized spacial score (nSPS) is 23.2. The maximum atomic E-state index is 5.48. The van der Waals surface area contributed by atoms with Crippen LogP contribution in [0.15, 0.2) is 12.7 Å². The molecule has 1 aliphatic rings. The maximum Gasteiger partial charge on any atom is 0.0416 e. The van der Waals surface area contributed by atoms with Crippen LogP contribution in [0, 0.1) is 5.92 Å². The molecule has 1 fully saturated rings. The number of nitrogens with one attached hydrogen (secondary N) is 1. The molecular formula is C11H22N2. The second kappa shape index (κ2) is 6.17. The van der Waals surface area contributed by atoms with Crippen LogP contribution in [0.2, 0.25) is 0 Å². The molecule has 1 unspecified atom stereocenters. The van der Waals surface area contributed by atoms with Gasteiger partial charge >= 0.3 is 0 Å². The van der Waals surface area contributed by atoms with E-state index in [4.69, 9.17) is 5.84 Å². The molecule has 1 saturated carbocycles. The molecule has 0 amide bonds. The Labute approximate surface area is 81.6 Å². The first-order chi connectivity index (χ1) is 6.38. The molecule has 2 heteroatoms. The molecule has 76 valence electrons. The van der Waals surface area contributed by atoms with Gasteiger partial charge in [0.2, 0.25) is 0 Å². The minimum absolute atomic E-state index is 0.318. The fourth-order valence-electron chi connectivity index (χ4n) is 2.24. The summed E-state index contributed by atoms with van der Waals surface area (Å²) in [5.41, 5.74) is 2.85. The van der Waals surface area contributed by atoms with E-state index in [0.29, 0.717) is 12.0 Å². The predicted molar refractivity (Wildman–Crippen MR) is 57.1 cm³/mol. The molecule has 0 aromatic carbocycles. The first-order valence-electron chi connectivity index (χ1n) is 5.47. The molecule has 3 N–H and O–H groups in total. The maximum absolute atomic E-state index is 5.48. The monoisotopic (exact) mass is 182 g/mol. The van der Waals surface area contributed by atoms with Gasteiger partial charge in [0.1, 0.15) is 0 Å². The zero-order chi connectivity index (χ0) is 9.52. The molecule has 0 aliphatic heterocycles. The number of hydrogen-bond acceptors (Lipinski definition) is 2. The van der Waals surface area contributed by atoms with Gasteiger partial charge in [-0.05, 0) is 18.8 Å².